The van der Waals surface area contributed by atoms with Gasteiger partial charge in [0.15, 0.2) is 0 Å². The summed E-state index contributed by atoms with van der Waals surface area (Å²) in [5.41, 5.74) is 0. The Bertz CT molecular complexity index is 319. The predicted molar refractivity (Wildman–Crippen MR) is 104 cm³/mol. The Morgan fingerprint density at radius 1 is 0.708 bits per heavy atom. The van der Waals surface area contributed by atoms with Crippen molar-refractivity contribution in [3.63, 3.8) is 0 Å². The van der Waals surface area contributed by atoms with Gasteiger partial charge in [-0.15, -0.1) is 0 Å². The minimum atomic E-state index is 0.385. The molecule has 0 heterocycles. The Morgan fingerprint density at radius 3 is 1.83 bits per heavy atom. The molecule has 24 heavy (non-hydrogen) atoms. The highest BCUT2D eigenvalue weighted by Gasteiger charge is 2.26. The van der Waals surface area contributed by atoms with E-state index in [9.17, 15) is 4.79 Å². The number of hydrogen-bond donors (Lipinski definition) is 0. The van der Waals surface area contributed by atoms with Gasteiger partial charge in [0.25, 0.3) is 0 Å². The minimum absolute atomic E-state index is 0.385. The van der Waals surface area contributed by atoms with Gasteiger partial charge in [0.05, 0.1) is 0 Å². The van der Waals surface area contributed by atoms with Crippen molar-refractivity contribution in [2.24, 2.45) is 29.6 Å². The van der Waals surface area contributed by atoms with Crippen LogP contribution in [0.1, 0.15) is 110 Å². The molecule has 2 rings (SSSR count). The van der Waals surface area contributed by atoms with Crippen LogP contribution < -0.4 is 0 Å². The maximum Gasteiger partial charge on any atom is 0.123 e. The second kappa shape index (κ2) is 11.3. The Hall–Kier alpha value is -0.330. The van der Waals surface area contributed by atoms with Crippen molar-refractivity contribution in [3.05, 3.63) is 0 Å². The first-order valence-electron chi connectivity index (χ1n) is 11.2. The van der Waals surface area contributed by atoms with E-state index in [1.807, 2.05) is 0 Å². The summed E-state index contributed by atoms with van der Waals surface area (Å²) < 4.78 is 0. The molecule has 2 saturated carbocycles. The molecule has 0 bridgehead atoms. The van der Waals surface area contributed by atoms with E-state index < -0.39 is 0 Å². The predicted octanol–water partition coefficient (Wildman–Crippen LogP) is 7.18. The second-order valence-corrected chi connectivity index (χ2v) is 9.16. The van der Waals surface area contributed by atoms with Crippen molar-refractivity contribution in [1.29, 1.82) is 0 Å². The molecule has 0 aromatic rings. The molecule has 2 fully saturated rings. The highest BCUT2D eigenvalue weighted by molar-refractivity contribution is 5.53. The van der Waals surface area contributed by atoms with Crippen LogP contribution in [0.15, 0.2) is 0 Å². The maximum atomic E-state index is 10.8. The first kappa shape index (κ1) is 20.0. The zero-order chi connectivity index (χ0) is 17.2. The van der Waals surface area contributed by atoms with E-state index in [-0.39, 0.29) is 0 Å². The van der Waals surface area contributed by atoms with E-state index in [0.717, 1.165) is 36.5 Å². The van der Waals surface area contributed by atoms with Gasteiger partial charge in [0.2, 0.25) is 0 Å². The van der Waals surface area contributed by atoms with Gasteiger partial charge in [0, 0.05) is 5.92 Å². The van der Waals surface area contributed by atoms with Crippen LogP contribution in [0, 0.1) is 29.6 Å². The normalized spacial score (nSPS) is 34.2. The van der Waals surface area contributed by atoms with Crippen LogP contribution in [0.25, 0.3) is 0 Å². The summed E-state index contributed by atoms with van der Waals surface area (Å²) in [6, 6.07) is 0. The number of unbranched alkanes of at least 4 members (excludes halogenated alkanes) is 5. The highest BCUT2D eigenvalue weighted by Crippen LogP contribution is 2.37. The van der Waals surface area contributed by atoms with E-state index in [0.29, 0.717) is 5.92 Å². The van der Waals surface area contributed by atoms with Gasteiger partial charge in [0.1, 0.15) is 6.29 Å². The van der Waals surface area contributed by atoms with Gasteiger partial charge < -0.3 is 4.79 Å². The lowest BCUT2D eigenvalue weighted by atomic mass is 9.71. The van der Waals surface area contributed by atoms with Gasteiger partial charge >= 0.3 is 0 Å². The Morgan fingerprint density at radius 2 is 1.25 bits per heavy atom. The molecule has 0 N–H and O–H groups in total. The molecule has 0 saturated heterocycles. The third kappa shape index (κ3) is 6.89. The molecule has 0 spiro atoms. The van der Waals surface area contributed by atoms with Crippen molar-refractivity contribution in [3.8, 4) is 0 Å². The SMILES string of the molecule is CC1CCCC(C)C1CCCCCCCCC1CCC(C=O)CC1. The fraction of sp³-hybridized carbons (Fsp3) is 0.957. The summed E-state index contributed by atoms with van der Waals surface area (Å²) >= 11 is 0. The fourth-order valence-electron chi connectivity index (χ4n) is 5.45. The summed E-state index contributed by atoms with van der Waals surface area (Å²) in [5, 5.41) is 0. The molecule has 0 aliphatic heterocycles. The molecule has 1 heteroatoms. The summed E-state index contributed by atoms with van der Waals surface area (Å²) in [5.74, 6) is 4.28. The van der Waals surface area contributed by atoms with Gasteiger partial charge in [-0.25, -0.2) is 0 Å². The topological polar surface area (TPSA) is 17.1 Å². The lowest BCUT2D eigenvalue weighted by molar-refractivity contribution is -0.112. The van der Waals surface area contributed by atoms with Crippen LogP contribution in [-0.4, -0.2) is 6.29 Å². The number of hydrogen-bond acceptors (Lipinski definition) is 1. The number of aldehydes is 1. The molecule has 2 atom stereocenters. The molecule has 2 unspecified atom stereocenters. The van der Waals surface area contributed by atoms with Crippen molar-refractivity contribution < 1.29 is 4.79 Å². The van der Waals surface area contributed by atoms with E-state index in [4.69, 9.17) is 0 Å². The van der Waals surface area contributed by atoms with Crippen LogP contribution in [0.3, 0.4) is 0 Å². The first-order valence-corrected chi connectivity index (χ1v) is 11.2. The molecular formula is C23H42O. The van der Waals surface area contributed by atoms with Gasteiger partial charge in [-0.2, -0.15) is 0 Å². The molecule has 2 aliphatic rings. The van der Waals surface area contributed by atoms with E-state index >= 15 is 0 Å². The van der Waals surface area contributed by atoms with Crippen LogP contribution in [0.4, 0.5) is 0 Å². The standard InChI is InChI=1S/C23H42O/c1-19-10-9-11-20(2)23(19)13-8-6-4-3-5-7-12-21-14-16-22(18-24)17-15-21/h18-23H,3-17H2,1-2H3. The molecule has 0 amide bonds. The smallest absolute Gasteiger partial charge is 0.123 e. The molecular weight excluding hydrogens is 292 g/mol. The largest absolute Gasteiger partial charge is 0.303 e. The van der Waals surface area contributed by atoms with Crippen molar-refractivity contribution in [1.82, 2.24) is 0 Å². The lowest BCUT2D eigenvalue weighted by Crippen LogP contribution is -2.24. The zero-order valence-electron chi connectivity index (χ0n) is 16.5. The Kier molecular flexibility index (Phi) is 9.43. The molecule has 0 aromatic heterocycles. The van der Waals surface area contributed by atoms with Gasteiger partial charge in [-0.3, -0.25) is 0 Å². The fourth-order valence-corrected chi connectivity index (χ4v) is 5.45. The van der Waals surface area contributed by atoms with Crippen molar-refractivity contribution in [2.75, 3.05) is 0 Å². The highest BCUT2D eigenvalue weighted by atomic mass is 16.1. The van der Waals surface area contributed by atoms with Crippen LogP contribution in [0.2, 0.25) is 0 Å². The summed E-state index contributed by atoms with van der Waals surface area (Å²) in [7, 11) is 0. The molecule has 2 aliphatic carbocycles. The molecule has 0 radical (unpaired) electrons. The lowest BCUT2D eigenvalue weighted by Gasteiger charge is -2.34. The van der Waals surface area contributed by atoms with Gasteiger partial charge in [-0.1, -0.05) is 78.1 Å². The first-order chi connectivity index (χ1) is 11.7. The van der Waals surface area contributed by atoms with Gasteiger partial charge in [-0.05, 0) is 55.8 Å². The average molecular weight is 335 g/mol. The third-order valence-electron chi connectivity index (χ3n) is 7.26. The van der Waals surface area contributed by atoms with Crippen LogP contribution in [0.5, 0.6) is 0 Å². The zero-order valence-corrected chi connectivity index (χ0v) is 16.5. The second-order valence-electron chi connectivity index (χ2n) is 9.16. The minimum Gasteiger partial charge on any atom is -0.303 e. The third-order valence-corrected chi connectivity index (χ3v) is 7.26. The van der Waals surface area contributed by atoms with Crippen LogP contribution >= 0.6 is 0 Å². The Labute approximate surface area is 151 Å². The molecule has 1 nitrogen and oxygen atoms in total. The summed E-state index contributed by atoms with van der Waals surface area (Å²) in [6.07, 6.45) is 22.1. The number of rotatable bonds is 10. The van der Waals surface area contributed by atoms with E-state index in [1.165, 1.54) is 89.8 Å². The molecule has 140 valence electrons. The summed E-state index contributed by atoms with van der Waals surface area (Å²) in [6.45, 7) is 4.98. The van der Waals surface area contributed by atoms with E-state index in [1.54, 1.807) is 0 Å². The molecule has 0 aromatic carbocycles. The van der Waals surface area contributed by atoms with E-state index in [2.05, 4.69) is 13.8 Å². The monoisotopic (exact) mass is 334 g/mol. The average Bonchev–Trinajstić information content (AvgIpc) is 2.60. The van der Waals surface area contributed by atoms with Crippen LogP contribution in [-0.2, 0) is 4.79 Å². The quantitative estimate of drug-likeness (QED) is 0.305. The Balaban J connectivity index is 1.41. The number of carbonyl (C=O) groups excluding carboxylic acids is 1. The number of carbonyl (C=O) groups is 1. The summed E-state index contributed by atoms with van der Waals surface area (Å²) in [4.78, 5) is 10.8. The maximum absolute atomic E-state index is 10.8. The van der Waals surface area contributed by atoms with Crippen molar-refractivity contribution in [2.45, 2.75) is 110 Å². The van der Waals surface area contributed by atoms with Crippen molar-refractivity contribution >= 4 is 6.29 Å².